The zero-order valence-electron chi connectivity index (χ0n) is 7.74. The van der Waals surface area contributed by atoms with Gasteiger partial charge in [0.15, 0.2) is 0 Å². The lowest BCUT2D eigenvalue weighted by molar-refractivity contribution is 0.1000. The van der Waals surface area contributed by atoms with Crippen LogP contribution in [0.2, 0.25) is 0 Å². The first-order valence-electron chi connectivity index (χ1n) is 4.00. The van der Waals surface area contributed by atoms with Crippen molar-refractivity contribution in [3.05, 3.63) is 29.6 Å². The molecular formula is C9H13N3O. The number of hydrogen-bond acceptors (Lipinski definition) is 3. The molecule has 1 heterocycles. The maximum Gasteiger partial charge on any atom is 0.250 e. The molecule has 0 spiro atoms. The number of nitrogens with two attached hydrogens (primary N) is 1. The van der Waals surface area contributed by atoms with Crippen molar-refractivity contribution in [3.8, 4) is 0 Å². The fourth-order valence-electron chi connectivity index (χ4n) is 0.737. The van der Waals surface area contributed by atoms with Gasteiger partial charge in [-0.2, -0.15) is 0 Å². The topological polar surface area (TPSA) is 79.8 Å². The van der Waals surface area contributed by atoms with E-state index in [4.69, 9.17) is 11.1 Å². The number of carbonyl (C=O) groups excluding carboxylic acids is 1. The summed E-state index contributed by atoms with van der Waals surface area (Å²) in [5.74, 6) is -0.559. The normalized spacial score (nSPS) is 8.15. The second kappa shape index (κ2) is 5.88. The predicted octanol–water partition coefficient (Wildman–Crippen LogP) is 1.20. The monoisotopic (exact) mass is 179 g/mol. The number of pyridine rings is 1. The summed E-state index contributed by atoms with van der Waals surface area (Å²) in [5.41, 5.74) is 5.78. The molecule has 1 aromatic rings. The molecule has 0 atom stereocenters. The Hall–Kier alpha value is -1.71. The van der Waals surface area contributed by atoms with Crippen LogP contribution in [0, 0.1) is 5.41 Å². The number of amides is 1. The molecule has 3 N–H and O–H groups in total. The van der Waals surface area contributed by atoms with Gasteiger partial charge in [0.1, 0.15) is 0 Å². The number of nitrogens with zero attached hydrogens (tertiary/aromatic N) is 1. The minimum Gasteiger partial charge on any atom is -0.366 e. The summed E-state index contributed by atoms with van der Waals surface area (Å²) in [6.07, 6.45) is 3.93. The molecule has 0 aliphatic carbocycles. The molecule has 0 unspecified atom stereocenters. The number of carbonyl (C=O) groups is 1. The van der Waals surface area contributed by atoms with E-state index in [0.29, 0.717) is 5.56 Å². The highest BCUT2D eigenvalue weighted by Gasteiger charge is 2.03. The summed E-state index contributed by atoms with van der Waals surface area (Å²) < 4.78 is 0. The van der Waals surface area contributed by atoms with Crippen molar-refractivity contribution in [2.75, 3.05) is 0 Å². The molecule has 4 heteroatoms. The molecule has 1 rings (SSSR count). The van der Waals surface area contributed by atoms with Crippen molar-refractivity contribution in [2.24, 2.45) is 5.73 Å². The van der Waals surface area contributed by atoms with Gasteiger partial charge in [0.05, 0.1) is 5.56 Å². The third-order valence-electron chi connectivity index (χ3n) is 1.28. The standard InChI is InChI=1S/C7H7N3O.C2H6/c8-3-5-1-2-10-4-6(5)7(9)11;1-2/h1-4,8H,(H2,9,11);1-2H3. The Bertz CT molecular complexity index is 297. The average Bonchev–Trinajstić information content (AvgIpc) is 2.20. The molecule has 1 aromatic heterocycles. The van der Waals surface area contributed by atoms with Gasteiger partial charge < -0.3 is 11.1 Å². The van der Waals surface area contributed by atoms with E-state index in [1.807, 2.05) is 13.8 Å². The second-order valence-corrected chi connectivity index (χ2v) is 1.97. The van der Waals surface area contributed by atoms with E-state index in [1.165, 1.54) is 12.4 Å². The van der Waals surface area contributed by atoms with Crippen LogP contribution in [0.1, 0.15) is 29.8 Å². The highest BCUT2D eigenvalue weighted by Crippen LogP contribution is 2.01. The fourth-order valence-corrected chi connectivity index (χ4v) is 0.737. The number of nitrogens with one attached hydrogen (secondary N) is 1. The Labute approximate surface area is 77.3 Å². The lowest BCUT2D eigenvalue weighted by atomic mass is 10.1. The zero-order chi connectivity index (χ0) is 10.3. The SMILES string of the molecule is CC.N=Cc1ccncc1C(N)=O. The van der Waals surface area contributed by atoms with E-state index in [0.717, 1.165) is 6.21 Å². The quantitative estimate of drug-likeness (QED) is 0.669. The molecule has 0 aliphatic rings. The second-order valence-electron chi connectivity index (χ2n) is 1.97. The predicted molar refractivity (Wildman–Crippen MR) is 52.0 cm³/mol. The molecule has 70 valence electrons. The van der Waals surface area contributed by atoms with E-state index in [-0.39, 0.29) is 5.56 Å². The van der Waals surface area contributed by atoms with Crippen molar-refractivity contribution in [1.82, 2.24) is 4.98 Å². The molecule has 0 radical (unpaired) electrons. The number of hydrogen-bond donors (Lipinski definition) is 2. The summed E-state index contributed by atoms with van der Waals surface area (Å²) in [7, 11) is 0. The van der Waals surface area contributed by atoms with Gasteiger partial charge >= 0.3 is 0 Å². The molecule has 13 heavy (non-hydrogen) atoms. The van der Waals surface area contributed by atoms with Crippen LogP contribution in [0.5, 0.6) is 0 Å². The van der Waals surface area contributed by atoms with Crippen LogP contribution in [0.4, 0.5) is 0 Å². The summed E-state index contributed by atoms with van der Waals surface area (Å²) in [6.45, 7) is 4.00. The Balaban J connectivity index is 0.000000671. The van der Waals surface area contributed by atoms with E-state index in [2.05, 4.69) is 4.98 Å². The Kier molecular flexibility index (Phi) is 5.11. The first-order chi connectivity index (χ1) is 6.25. The van der Waals surface area contributed by atoms with Crippen molar-refractivity contribution in [3.63, 3.8) is 0 Å². The van der Waals surface area contributed by atoms with Gasteiger partial charge in [0.2, 0.25) is 0 Å². The average molecular weight is 179 g/mol. The molecule has 4 nitrogen and oxygen atoms in total. The summed E-state index contributed by atoms with van der Waals surface area (Å²) in [4.78, 5) is 14.4. The third-order valence-corrected chi connectivity index (χ3v) is 1.28. The first-order valence-corrected chi connectivity index (χ1v) is 4.00. The minimum absolute atomic E-state index is 0.280. The Morgan fingerprint density at radius 2 is 2.23 bits per heavy atom. The summed E-state index contributed by atoms with van der Waals surface area (Å²) in [5, 5.41) is 6.92. The lowest BCUT2D eigenvalue weighted by Crippen LogP contribution is -2.13. The Morgan fingerprint density at radius 1 is 1.62 bits per heavy atom. The van der Waals surface area contributed by atoms with Gasteiger partial charge in [0, 0.05) is 24.2 Å². The highest BCUT2D eigenvalue weighted by atomic mass is 16.1. The molecule has 0 aliphatic heterocycles. The van der Waals surface area contributed by atoms with Crippen LogP contribution < -0.4 is 5.73 Å². The minimum atomic E-state index is -0.559. The van der Waals surface area contributed by atoms with Gasteiger partial charge in [-0.25, -0.2) is 0 Å². The third kappa shape index (κ3) is 3.02. The first kappa shape index (κ1) is 11.3. The van der Waals surface area contributed by atoms with Crippen LogP contribution >= 0.6 is 0 Å². The molecular weight excluding hydrogens is 166 g/mol. The van der Waals surface area contributed by atoms with Crippen LogP contribution in [-0.4, -0.2) is 17.1 Å². The maximum absolute atomic E-state index is 10.7. The number of rotatable bonds is 2. The van der Waals surface area contributed by atoms with Gasteiger partial charge in [-0.3, -0.25) is 9.78 Å². The van der Waals surface area contributed by atoms with E-state index >= 15 is 0 Å². The molecule has 0 fully saturated rings. The van der Waals surface area contributed by atoms with Crippen LogP contribution in [0.25, 0.3) is 0 Å². The Morgan fingerprint density at radius 3 is 2.62 bits per heavy atom. The number of primary amides is 1. The molecule has 0 aromatic carbocycles. The summed E-state index contributed by atoms with van der Waals surface area (Å²) in [6, 6.07) is 1.56. The zero-order valence-corrected chi connectivity index (χ0v) is 7.74. The van der Waals surface area contributed by atoms with Crippen molar-refractivity contribution < 1.29 is 4.79 Å². The van der Waals surface area contributed by atoms with Gasteiger partial charge in [-0.1, -0.05) is 13.8 Å². The molecule has 0 bridgehead atoms. The van der Waals surface area contributed by atoms with Gasteiger partial charge in [-0.05, 0) is 6.07 Å². The number of aromatic nitrogens is 1. The molecule has 0 saturated heterocycles. The van der Waals surface area contributed by atoms with Gasteiger partial charge in [-0.15, -0.1) is 0 Å². The van der Waals surface area contributed by atoms with Crippen molar-refractivity contribution in [2.45, 2.75) is 13.8 Å². The fraction of sp³-hybridized carbons (Fsp3) is 0.222. The smallest absolute Gasteiger partial charge is 0.250 e. The summed E-state index contributed by atoms with van der Waals surface area (Å²) >= 11 is 0. The van der Waals surface area contributed by atoms with Crippen LogP contribution in [0.3, 0.4) is 0 Å². The largest absolute Gasteiger partial charge is 0.366 e. The van der Waals surface area contributed by atoms with Gasteiger partial charge in [0.25, 0.3) is 5.91 Å². The highest BCUT2D eigenvalue weighted by molar-refractivity contribution is 6.00. The van der Waals surface area contributed by atoms with Crippen molar-refractivity contribution in [1.29, 1.82) is 5.41 Å². The van der Waals surface area contributed by atoms with Crippen LogP contribution in [-0.2, 0) is 0 Å². The maximum atomic E-state index is 10.7. The lowest BCUT2D eigenvalue weighted by Gasteiger charge is -1.97. The van der Waals surface area contributed by atoms with Crippen LogP contribution in [0.15, 0.2) is 18.5 Å². The van der Waals surface area contributed by atoms with Crippen molar-refractivity contribution >= 4 is 12.1 Å². The van der Waals surface area contributed by atoms with E-state index in [1.54, 1.807) is 6.07 Å². The molecule has 0 saturated carbocycles. The van der Waals surface area contributed by atoms with E-state index in [9.17, 15) is 4.79 Å². The van der Waals surface area contributed by atoms with E-state index < -0.39 is 5.91 Å². The molecule has 1 amide bonds.